The fraction of sp³-hybridized carbons (Fsp3) is 0.214. The average molecular weight is 243 g/mol. The van der Waals surface area contributed by atoms with Gasteiger partial charge >= 0.3 is 0 Å². The molecule has 0 spiro atoms. The first-order chi connectivity index (χ1) is 8.78. The second-order valence-corrected chi connectivity index (χ2v) is 4.03. The Hall–Kier alpha value is -2.07. The van der Waals surface area contributed by atoms with Crippen LogP contribution in [-0.2, 0) is 17.9 Å². The minimum atomic E-state index is 0.470. The molecule has 0 saturated heterocycles. The van der Waals surface area contributed by atoms with Crippen molar-refractivity contribution in [2.75, 3.05) is 0 Å². The maximum Gasteiger partial charge on any atom is 0.211 e. The monoisotopic (exact) mass is 243 g/mol. The molecular weight excluding hydrogens is 226 g/mol. The summed E-state index contributed by atoms with van der Waals surface area (Å²) in [5, 5.41) is 0. The van der Waals surface area contributed by atoms with Crippen molar-refractivity contribution in [3.05, 3.63) is 59.5 Å². The highest BCUT2D eigenvalue weighted by atomic mass is 16.5. The summed E-state index contributed by atoms with van der Waals surface area (Å²) < 4.78 is 5.62. The first kappa shape index (κ1) is 12.4. The minimum Gasteiger partial charge on any atom is -0.473 e. The van der Waals surface area contributed by atoms with Crippen molar-refractivity contribution in [2.45, 2.75) is 19.6 Å². The molecule has 0 bridgehead atoms. The van der Waals surface area contributed by atoms with Crippen molar-refractivity contribution >= 4 is 5.84 Å². The van der Waals surface area contributed by atoms with Gasteiger partial charge in [-0.05, 0) is 29.7 Å². The lowest BCUT2D eigenvalue weighted by Crippen LogP contribution is -2.07. The van der Waals surface area contributed by atoms with Gasteiger partial charge in [-0.3, -0.25) is 0 Å². The van der Waals surface area contributed by atoms with Gasteiger partial charge in [-0.25, -0.2) is 0 Å². The number of hydrogen-bond acceptors (Lipinski definition) is 4. The zero-order valence-electron chi connectivity index (χ0n) is 10.2. The van der Waals surface area contributed by atoms with Crippen LogP contribution in [0.5, 0.6) is 0 Å². The molecule has 18 heavy (non-hydrogen) atoms. The van der Waals surface area contributed by atoms with E-state index in [-0.39, 0.29) is 0 Å². The first-order valence-corrected chi connectivity index (χ1v) is 5.89. The molecule has 0 amide bonds. The number of nitrogens with two attached hydrogens (primary N) is 2. The van der Waals surface area contributed by atoms with Gasteiger partial charge in [-0.1, -0.05) is 30.3 Å². The van der Waals surface area contributed by atoms with Crippen LogP contribution >= 0.6 is 0 Å². The molecule has 1 heterocycles. The number of benzene rings is 1. The summed E-state index contributed by atoms with van der Waals surface area (Å²) in [4.78, 5) is 4.15. The normalized spacial score (nSPS) is 14.7. The smallest absolute Gasteiger partial charge is 0.211 e. The highest BCUT2D eigenvalue weighted by molar-refractivity contribution is 5.92. The van der Waals surface area contributed by atoms with Gasteiger partial charge in [-0.15, -0.1) is 0 Å². The Morgan fingerprint density at radius 2 is 1.89 bits per heavy atom. The summed E-state index contributed by atoms with van der Waals surface area (Å²) in [5.41, 5.74) is 13.4. The fourth-order valence-electron chi connectivity index (χ4n) is 1.59. The third-order valence-corrected chi connectivity index (χ3v) is 2.60. The number of ether oxygens (including phenoxy) is 1. The van der Waals surface area contributed by atoms with Crippen LogP contribution in [0.2, 0.25) is 0 Å². The van der Waals surface area contributed by atoms with Crippen molar-refractivity contribution in [3.63, 3.8) is 0 Å². The van der Waals surface area contributed by atoms with Crippen LogP contribution in [0.25, 0.3) is 0 Å². The predicted octanol–water partition coefficient (Wildman–Crippen LogP) is 1.82. The van der Waals surface area contributed by atoms with E-state index in [4.69, 9.17) is 16.2 Å². The highest BCUT2D eigenvalue weighted by Gasteiger charge is 2.01. The Morgan fingerprint density at radius 1 is 1.17 bits per heavy atom. The topological polar surface area (TPSA) is 73.6 Å². The van der Waals surface area contributed by atoms with Gasteiger partial charge in [0.1, 0.15) is 12.4 Å². The summed E-state index contributed by atoms with van der Waals surface area (Å²) in [6.45, 7) is 1.03. The zero-order chi connectivity index (χ0) is 12.8. The Bertz CT molecular complexity index is 486. The van der Waals surface area contributed by atoms with Crippen molar-refractivity contribution < 1.29 is 4.74 Å². The number of hydrogen-bond donors (Lipinski definition) is 2. The van der Waals surface area contributed by atoms with E-state index in [9.17, 15) is 0 Å². The number of rotatable bonds is 4. The second kappa shape index (κ2) is 6.02. The van der Waals surface area contributed by atoms with Gasteiger partial charge in [0.15, 0.2) is 0 Å². The van der Waals surface area contributed by atoms with E-state index in [0.717, 1.165) is 17.5 Å². The molecule has 1 aliphatic heterocycles. The molecule has 0 unspecified atom stereocenters. The third-order valence-electron chi connectivity index (χ3n) is 2.60. The number of nitrogens with zero attached hydrogens (tertiary/aromatic N) is 1. The Balaban J connectivity index is 1.95. The summed E-state index contributed by atoms with van der Waals surface area (Å²) in [7, 11) is 0. The summed E-state index contributed by atoms with van der Waals surface area (Å²) in [5.74, 6) is 1.04. The Labute approximate surface area is 107 Å². The molecule has 2 rings (SSSR count). The summed E-state index contributed by atoms with van der Waals surface area (Å²) in [6, 6.07) is 8.01. The van der Waals surface area contributed by atoms with E-state index >= 15 is 0 Å². The molecule has 4 nitrogen and oxygen atoms in total. The molecule has 0 saturated carbocycles. The molecule has 1 aliphatic rings. The highest BCUT2D eigenvalue weighted by Crippen LogP contribution is 2.11. The molecule has 0 aromatic heterocycles. The molecule has 0 radical (unpaired) electrons. The lowest BCUT2D eigenvalue weighted by atomic mass is 10.1. The standard InChI is InChI=1S/C14H17N3O/c15-9-11-5-7-12(8-6-11)10-18-14-4-2-1-3-13(16)17-14/h1,3-8H,2,9-10,15H2,(H2,16,17). The maximum atomic E-state index is 5.66. The molecule has 4 N–H and O–H groups in total. The van der Waals surface area contributed by atoms with E-state index in [1.165, 1.54) is 0 Å². The van der Waals surface area contributed by atoms with E-state index < -0.39 is 0 Å². The van der Waals surface area contributed by atoms with Gasteiger partial charge in [0, 0.05) is 6.54 Å². The maximum absolute atomic E-state index is 5.66. The summed E-state index contributed by atoms with van der Waals surface area (Å²) >= 11 is 0. The molecule has 0 aliphatic carbocycles. The minimum absolute atomic E-state index is 0.470. The van der Waals surface area contributed by atoms with Gasteiger partial charge in [-0.2, -0.15) is 4.99 Å². The number of amidine groups is 1. The van der Waals surface area contributed by atoms with Crippen molar-refractivity contribution in [3.8, 4) is 0 Å². The molecule has 1 aromatic rings. The quantitative estimate of drug-likeness (QED) is 0.847. The number of allylic oxidation sites excluding steroid dienone is 2. The van der Waals surface area contributed by atoms with Crippen LogP contribution in [0.4, 0.5) is 0 Å². The molecule has 94 valence electrons. The average Bonchev–Trinajstić information content (AvgIpc) is 2.61. The van der Waals surface area contributed by atoms with Gasteiger partial charge in [0.25, 0.3) is 0 Å². The molecule has 0 atom stereocenters. The lowest BCUT2D eigenvalue weighted by Gasteiger charge is -2.07. The summed E-state index contributed by atoms with van der Waals surface area (Å²) in [6.07, 6.45) is 6.42. The van der Waals surface area contributed by atoms with Gasteiger partial charge in [0.2, 0.25) is 5.88 Å². The Kier molecular flexibility index (Phi) is 4.15. The van der Waals surface area contributed by atoms with Crippen LogP contribution in [0.3, 0.4) is 0 Å². The molecule has 0 fully saturated rings. The van der Waals surface area contributed by atoms with Crippen LogP contribution < -0.4 is 11.5 Å². The molecule has 4 heteroatoms. The number of aliphatic imine (C=N–C) groups is 1. The van der Waals surface area contributed by atoms with Gasteiger partial charge < -0.3 is 16.2 Å². The SMILES string of the molecule is NCc1ccc(COC2=CCC=CC(N)=N2)cc1. The van der Waals surface area contributed by atoms with Crippen LogP contribution in [0.15, 0.2) is 53.4 Å². The van der Waals surface area contributed by atoms with Crippen molar-refractivity contribution in [1.29, 1.82) is 0 Å². The van der Waals surface area contributed by atoms with Crippen LogP contribution in [-0.4, -0.2) is 5.84 Å². The predicted molar refractivity (Wildman–Crippen MR) is 72.6 cm³/mol. The van der Waals surface area contributed by atoms with Gasteiger partial charge in [0.05, 0.1) is 0 Å². The second-order valence-electron chi connectivity index (χ2n) is 4.03. The van der Waals surface area contributed by atoms with Crippen molar-refractivity contribution in [2.24, 2.45) is 16.5 Å². The van der Waals surface area contributed by atoms with E-state index in [1.54, 1.807) is 6.08 Å². The molecular formula is C14H17N3O. The largest absolute Gasteiger partial charge is 0.473 e. The first-order valence-electron chi connectivity index (χ1n) is 5.89. The van der Waals surface area contributed by atoms with E-state index in [0.29, 0.717) is 24.9 Å². The van der Waals surface area contributed by atoms with E-state index in [2.05, 4.69) is 4.99 Å². The fourth-order valence-corrected chi connectivity index (χ4v) is 1.59. The van der Waals surface area contributed by atoms with Crippen LogP contribution in [0.1, 0.15) is 17.5 Å². The third kappa shape index (κ3) is 3.46. The zero-order valence-corrected chi connectivity index (χ0v) is 10.2. The van der Waals surface area contributed by atoms with Crippen LogP contribution in [0, 0.1) is 0 Å². The van der Waals surface area contributed by atoms with Crippen molar-refractivity contribution in [1.82, 2.24) is 0 Å². The van der Waals surface area contributed by atoms with E-state index in [1.807, 2.05) is 36.4 Å². The lowest BCUT2D eigenvalue weighted by molar-refractivity contribution is 0.196. The Morgan fingerprint density at radius 3 is 2.61 bits per heavy atom. The molecule has 1 aromatic carbocycles.